The number of hydrogen-bond acceptors (Lipinski definition) is 5. The summed E-state index contributed by atoms with van der Waals surface area (Å²) in [5.41, 5.74) is 5.68. The van der Waals surface area contributed by atoms with E-state index in [-0.39, 0.29) is 17.4 Å². The third-order valence-electron chi connectivity index (χ3n) is 2.50. The molecule has 0 radical (unpaired) electrons. The van der Waals surface area contributed by atoms with Crippen molar-refractivity contribution >= 4 is 11.7 Å². The van der Waals surface area contributed by atoms with Crippen LogP contribution in [-0.4, -0.2) is 29.0 Å². The number of rotatable bonds is 6. The largest absolute Gasteiger partial charge is 0.494 e. The fourth-order valence-electron chi connectivity index (χ4n) is 1.56. The lowest BCUT2D eigenvalue weighted by Gasteiger charge is -2.07. The van der Waals surface area contributed by atoms with Crippen LogP contribution in [-0.2, 0) is 0 Å². The molecular formula is C14H16N4O2. The third kappa shape index (κ3) is 4.24. The molecule has 0 atom stereocenters. The molecule has 6 nitrogen and oxygen atoms in total. The van der Waals surface area contributed by atoms with Crippen molar-refractivity contribution in [1.29, 1.82) is 0 Å². The van der Waals surface area contributed by atoms with Gasteiger partial charge in [-0.05, 0) is 18.6 Å². The van der Waals surface area contributed by atoms with E-state index >= 15 is 0 Å². The molecule has 1 heterocycles. The maximum atomic E-state index is 11.7. The van der Waals surface area contributed by atoms with Crippen LogP contribution in [0.5, 0.6) is 5.75 Å². The smallest absolute Gasteiger partial charge is 0.271 e. The van der Waals surface area contributed by atoms with Crippen molar-refractivity contribution in [2.75, 3.05) is 18.9 Å². The van der Waals surface area contributed by atoms with Crippen molar-refractivity contribution in [2.45, 2.75) is 6.42 Å². The van der Waals surface area contributed by atoms with Gasteiger partial charge in [0.1, 0.15) is 17.3 Å². The minimum atomic E-state index is -0.287. The summed E-state index contributed by atoms with van der Waals surface area (Å²) in [6.07, 6.45) is 3.48. The van der Waals surface area contributed by atoms with Crippen molar-refractivity contribution in [3.8, 4) is 5.75 Å². The van der Waals surface area contributed by atoms with Gasteiger partial charge >= 0.3 is 0 Å². The summed E-state index contributed by atoms with van der Waals surface area (Å²) < 4.78 is 5.51. The van der Waals surface area contributed by atoms with Crippen LogP contribution in [0.4, 0.5) is 5.82 Å². The lowest BCUT2D eigenvalue weighted by molar-refractivity contribution is 0.0946. The van der Waals surface area contributed by atoms with Crippen LogP contribution in [0.1, 0.15) is 16.9 Å². The Labute approximate surface area is 117 Å². The number of nitrogen functional groups attached to an aromatic ring is 1. The van der Waals surface area contributed by atoms with Crippen molar-refractivity contribution < 1.29 is 9.53 Å². The van der Waals surface area contributed by atoms with Crippen LogP contribution in [0, 0.1) is 0 Å². The molecule has 1 aromatic heterocycles. The van der Waals surface area contributed by atoms with Crippen molar-refractivity contribution in [1.82, 2.24) is 15.3 Å². The van der Waals surface area contributed by atoms with Gasteiger partial charge in [0.25, 0.3) is 5.91 Å². The second-order valence-electron chi connectivity index (χ2n) is 4.10. The van der Waals surface area contributed by atoms with E-state index in [2.05, 4.69) is 15.3 Å². The third-order valence-corrected chi connectivity index (χ3v) is 2.50. The van der Waals surface area contributed by atoms with Crippen molar-refractivity contribution in [3.63, 3.8) is 0 Å². The molecule has 1 amide bonds. The molecular weight excluding hydrogens is 256 g/mol. The summed E-state index contributed by atoms with van der Waals surface area (Å²) in [5, 5.41) is 2.74. The molecule has 0 unspecified atom stereocenters. The van der Waals surface area contributed by atoms with E-state index in [0.717, 1.165) is 5.75 Å². The van der Waals surface area contributed by atoms with Crippen molar-refractivity contribution in [3.05, 3.63) is 48.4 Å². The average Bonchev–Trinajstić information content (AvgIpc) is 2.48. The maximum absolute atomic E-state index is 11.7. The average molecular weight is 272 g/mol. The first kappa shape index (κ1) is 13.8. The highest BCUT2D eigenvalue weighted by molar-refractivity contribution is 5.92. The van der Waals surface area contributed by atoms with Gasteiger partial charge in [-0.25, -0.2) is 4.98 Å². The number of benzene rings is 1. The van der Waals surface area contributed by atoms with Crippen molar-refractivity contribution in [2.24, 2.45) is 0 Å². The SMILES string of the molecule is Nc1cncc(C(=O)NCCCOc2ccccc2)n1. The first-order valence-electron chi connectivity index (χ1n) is 6.29. The Morgan fingerprint density at radius 2 is 2.05 bits per heavy atom. The quantitative estimate of drug-likeness (QED) is 0.772. The van der Waals surface area contributed by atoms with Gasteiger partial charge < -0.3 is 15.8 Å². The molecule has 0 aliphatic carbocycles. The molecule has 0 aliphatic rings. The Kier molecular flexibility index (Phi) is 4.88. The van der Waals surface area contributed by atoms with Gasteiger partial charge in [-0.2, -0.15) is 0 Å². The predicted molar refractivity (Wildman–Crippen MR) is 75.3 cm³/mol. The highest BCUT2D eigenvalue weighted by atomic mass is 16.5. The molecule has 104 valence electrons. The molecule has 0 saturated heterocycles. The monoisotopic (exact) mass is 272 g/mol. The second-order valence-corrected chi connectivity index (χ2v) is 4.10. The van der Waals surface area contributed by atoms with Crippen LogP contribution in [0.2, 0.25) is 0 Å². The van der Waals surface area contributed by atoms with Crippen LogP contribution >= 0.6 is 0 Å². The zero-order valence-corrected chi connectivity index (χ0v) is 11.0. The van der Waals surface area contributed by atoms with Gasteiger partial charge in [0.2, 0.25) is 0 Å². The Balaban J connectivity index is 1.67. The fourth-order valence-corrected chi connectivity index (χ4v) is 1.56. The zero-order chi connectivity index (χ0) is 14.2. The van der Waals surface area contributed by atoms with Gasteiger partial charge in [-0.3, -0.25) is 9.78 Å². The second kappa shape index (κ2) is 7.08. The minimum absolute atomic E-state index is 0.217. The molecule has 0 fully saturated rings. The van der Waals surface area contributed by atoms with Crippen LogP contribution in [0.15, 0.2) is 42.7 Å². The number of hydrogen-bond donors (Lipinski definition) is 2. The predicted octanol–water partition coefficient (Wildman–Crippen LogP) is 1.26. The van der Waals surface area contributed by atoms with Gasteiger partial charge in [0.05, 0.1) is 19.0 Å². The van der Waals surface area contributed by atoms with E-state index in [9.17, 15) is 4.79 Å². The summed E-state index contributed by atoms with van der Waals surface area (Å²) in [6.45, 7) is 1.04. The molecule has 0 spiro atoms. The number of nitrogens with one attached hydrogen (secondary N) is 1. The van der Waals surface area contributed by atoms with Gasteiger partial charge in [-0.15, -0.1) is 0 Å². The molecule has 6 heteroatoms. The molecule has 0 aliphatic heterocycles. The van der Waals surface area contributed by atoms with Gasteiger partial charge in [0, 0.05) is 6.54 Å². The highest BCUT2D eigenvalue weighted by Crippen LogP contribution is 2.08. The number of nitrogens with zero attached hydrogens (tertiary/aromatic N) is 2. The lowest BCUT2D eigenvalue weighted by atomic mass is 10.3. The number of carbonyl (C=O) groups excluding carboxylic acids is 1. The number of amides is 1. The normalized spacial score (nSPS) is 10.0. The number of aromatic nitrogens is 2. The summed E-state index contributed by atoms with van der Waals surface area (Å²) in [4.78, 5) is 19.4. The molecule has 2 aromatic rings. The standard InChI is InChI=1S/C14H16N4O2/c15-13-10-16-9-12(18-13)14(19)17-7-4-8-20-11-5-2-1-3-6-11/h1-3,5-6,9-10H,4,7-8H2,(H2,15,18)(H,17,19). The molecule has 3 N–H and O–H groups in total. The topological polar surface area (TPSA) is 90.1 Å². The van der Waals surface area contributed by atoms with Crippen LogP contribution < -0.4 is 15.8 Å². The maximum Gasteiger partial charge on any atom is 0.271 e. The van der Waals surface area contributed by atoms with E-state index in [1.165, 1.54) is 12.4 Å². The van der Waals surface area contributed by atoms with Crippen LogP contribution in [0.3, 0.4) is 0 Å². The molecule has 2 rings (SSSR count). The van der Waals surface area contributed by atoms with E-state index in [4.69, 9.17) is 10.5 Å². The van der Waals surface area contributed by atoms with Gasteiger partial charge in [0.15, 0.2) is 0 Å². The van der Waals surface area contributed by atoms with E-state index in [1.54, 1.807) is 0 Å². The van der Waals surface area contributed by atoms with E-state index in [1.807, 2.05) is 30.3 Å². The molecule has 0 bridgehead atoms. The zero-order valence-electron chi connectivity index (χ0n) is 11.0. The molecule has 0 saturated carbocycles. The molecule has 1 aromatic carbocycles. The Hall–Kier alpha value is -2.63. The fraction of sp³-hybridized carbons (Fsp3) is 0.214. The lowest BCUT2D eigenvalue weighted by Crippen LogP contribution is -2.26. The summed E-state index contributed by atoms with van der Waals surface area (Å²) in [5.74, 6) is 0.759. The number of carbonyl (C=O) groups is 1. The number of para-hydroxylation sites is 1. The number of nitrogens with two attached hydrogens (primary N) is 1. The van der Waals surface area contributed by atoms with Crippen LogP contribution in [0.25, 0.3) is 0 Å². The molecule has 20 heavy (non-hydrogen) atoms. The Bertz CT molecular complexity index is 560. The summed E-state index contributed by atoms with van der Waals surface area (Å²) >= 11 is 0. The Morgan fingerprint density at radius 1 is 1.25 bits per heavy atom. The number of anilines is 1. The van der Waals surface area contributed by atoms with Gasteiger partial charge in [-0.1, -0.05) is 18.2 Å². The highest BCUT2D eigenvalue weighted by Gasteiger charge is 2.06. The summed E-state index contributed by atoms with van der Waals surface area (Å²) in [6, 6.07) is 9.53. The number of ether oxygens (including phenoxy) is 1. The summed E-state index contributed by atoms with van der Waals surface area (Å²) in [7, 11) is 0. The first-order chi connectivity index (χ1) is 9.75. The van der Waals surface area contributed by atoms with E-state index < -0.39 is 0 Å². The van der Waals surface area contributed by atoms with E-state index in [0.29, 0.717) is 19.6 Å². The Morgan fingerprint density at radius 3 is 2.80 bits per heavy atom. The minimum Gasteiger partial charge on any atom is -0.494 e. The first-order valence-corrected chi connectivity index (χ1v) is 6.29.